The van der Waals surface area contributed by atoms with Gasteiger partial charge in [-0.05, 0) is 43.3 Å². The molecule has 0 aliphatic carbocycles. The highest BCUT2D eigenvalue weighted by molar-refractivity contribution is 7.20. The van der Waals surface area contributed by atoms with Crippen LogP contribution in [-0.2, 0) is 4.74 Å². The van der Waals surface area contributed by atoms with Crippen molar-refractivity contribution in [2.75, 3.05) is 13.2 Å². The number of aromatic nitrogens is 2. The molecule has 0 bridgehead atoms. The lowest BCUT2D eigenvalue weighted by Gasteiger charge is -2.08. The van der Waals surface area contributed by atoms with E-state index in [0.717, 1.165) is 21.6 Å². The van der Waals surface area contributed by atoms with E-state index in [2.05, 4.69) is 5.10 Å². The number of hydrogen-bond acceptors (Lipinski definition) is 5. The first-order valence-corrected chi connectivity index (χ1v) is 10.4. The average molecular weight is 447 g/mol. The molecule has 5 nitrogen and oxygen atoms in total. The Hall–Kier alpha value is -2.54. The number of aryl methyl sites for hydroxylation is 1. The maximum absolute atomic E-state index is 12.5. The molecule has 0 amide bonds. The van der Waals surface area contributed by atoms with E-state index in [1.54, 1.807) is 28.9 Å². The summed E-state index contributed by atoms with van der Waals surface area (Å²) in [5.74, 6) is 0.162. The van der Waals surface area contributed by atoms with Crippen LogP contribution in [0.3, 0.4) is 0 Å². The SMILES string of the molecule is Cc1nn(-c2cccc(Cl)c2)c2sc(C(=O)OCCOc3ccccc3Cl)cc12. The van der Waals surface area contributed by atoms with Crippen LogP contribution in [0.15, 0.2) is 54.6 Å². The highest BCUT2D eigenvalue weighted by Gasteiger charge is 2.18. The summed E-state index contributed by atoms with van der Waals surface area (Å²) in [6.07, 6.45) is 0. The second-order valence-corrected chi connectivity index (χ2v) is 8.10. The first-order chi connectivity index (χ1) is 14.0. The number of thiophene rings is 1. The van der Waals surface area contributed by atoms with Gasteiger partial charge in [-0.3, -0.25) is 0 Å². The van der Waals surface area contributed by atoms with Crippen LogP contribution in [0, 0.1) is 6.92 Å². The third-order valence-corrected chi connectivity index (χ3v) is 5.85. The number of carbonyl (C=O) groups excluding carboxylic acids is 1. The summed E-state index contributed by atoms with van der Waals surface area (Å²) in [6.45, 7) is 2.25. The van der Waals surface area contributed by atoms with E-state index in [9.17, 15) is 4.79 Å². The summed E-state index contributed by atoms with van der Waals surface area (Å²) in [5, 5.41) is 6.62. The molecular formula is C21H16Cl2N2O3S. The van der Waals surface area contributed by atoms with Crippen molar-refractivity contribution in [2.24, 2.45) is 0 Å². The Bertz CT molecular complexity index is 1190. The zero-order chi connectivity index (χ0) is 20.4. The number of ether oxygens (including phenoxy) is 2. The van der Waals surface area contributed by atoms with Crippen molar-refractivity contribution in [3.05, 3.63) is 75.2 Å². The molecule has 2 aromatic heterocycles. The van der Waals surface area contributed by atoms with Gasteiger partial charge in [0.05, 0.1) is 16.4 Å². The lowest BCUT2D eigenvalue weighted by Crippen LogP contribution is -2.11. The summed E-state index contributed by atoms with van der Waals surface area (Å²) in [4.78, 5) is 13.8. The minimum Gasteiger partial charge on any atom is -0.488 e. The van der Waals surface area contributed by atoms with Crippen molar-refractivity contribution in [3.8, 4) is 11.4 Å². The van der Waals surface area contributed by atoms with E-state index < -0.39 is 5.97 Å². The number of carbonyl (C=O) groups is 1. The summed E-state index contributed by atoms with van der Waals surface area (Å²) < 4.78 is 12.7. The molecule has 0 spiro atoms. The summed E-state index contributed by atoms with van der Waals surface area (Å²) >= 11 is 13.5. The molecule has 0 aliphatic rings. The van der Waals surface area contributed by atoms with Crippen molar-refractivity contribution >= 4 is 50.7 Å². The highest BCUT2D eigenvalue weighted by Crippen LogP contribution is 2.31. The molecule has 0 unspecified atom stereocenters. The summed E-state index contributed by atoms with van der Waals surface area (Å²) in [7, 11) is 0. The Balaban J connectivity index is 1.46. The van der Waals surface area contributed by atoms with E-state index in [-0.39, 0.29) is 13.2 Å². The van der Waals surface area contributed by atoms with Crippen LogP contribution in [0.5, 0.6) is 5.75 Å². The first kappa shape index (κ1) is 19.8. The van der Waals surface area contributed by atoms with Crippen LogP contribution in [0.4, 0.5) is 0 Å². The first-order valence-electron chi connectivity index (χ1n) is 8.82. The van der Waals surface area contributed by atoms with Gasteiger partial charge >= 0.3 is 5.97 Å². The van der Waals surface area contributed by atoms with Crippen molar-refractivity contribution in [3.63, 3.8) is 0 Å². The zero-order valence-electron chi connectivity index (χ0n) is 15.4. The van der Waals surface area contributed by atoms with E-state index in [1.165, 1.54) is 11.3 Å². The zero-order valence-corrected chi connectivity index (χ0v) is 17.7. The minimum absolute atomic E-state index is 0.123. The van der Waals surface area contributed by atoms with E-state index >= 15 is 0 Å². The molecule has 8 heteroatoms. The van der Waals surface area contributed by atoms with Crippen LogP contribution < -0.4 is 4.74 Å². The van der Waals surface area contributed by atoms with Crippen LogP contribution in [0.1, 0.15) is 15.4 Å². The molecule has 4 aromatic rings. The van der Waals surface area contributed by atoms with Crippen LogP contribution >= 0.6 is 34.5 Å². The van der Waals surface area contributed by atoms with E-state index in [1.807, 2.05) is 37.3 Å². The monoisotopic (exact) mass is 446 g/mol. The smallest absolute Gasteiger partial charge is 0.348 e. The van der Waals surface area contributed by atoms with Gasteiger partial charge in [-0.1, -0.05) is 41.4 Å². The fourth-order valence-corrected chi connectivity index (χ4v) is 4.30. The highest BCUT2D eigenvalue weighted by atomic mass is 35.5. The van der Waals surface area contributed by atoms with Crippen LogP contribution in [-0.4, -0.2) is 29.0 Å². The number of halogens is 2. The molecule has 2 aromatic carbocycles. The number of para-hydroxylation sites is 1. The number of esters is 1. The van der Waals surface area contributed by atoms with Gasteiger partial charge in [0.25, 0.3) is 0 Å². The van der Waals surface area contributed by atoms with Crippen molar-refractivity contribution in [1.82, 2.24) is 9.78 Å². The maximum atomic E-state index is 12.5. The number of rotatable bonds is 6. The standard InChI is InChI=1S/C21H16Cl2N2O3S/c1-13-16-12-19(21(26)28-10-9-27-18-8-3-2-7-17(18)23)29-20(16)25(24-13)15-6-4-5-14(22)11-15/h2-8,11-12H,9-10H2,1H3. The summed E-state index contributed by atoms with van der Waals surface area (Å²) in [5.41, 5.74) is 1.67. The van der Waals surface area contributed by atoms with Gasteiger partial charge in [0.1, 0.15) is 28.7 Å². The Morgan fingerprint density at radius 1 is 1.10 bits per heavy atom. The molecule has 4 rings (SSSR count). The topological polar surface area (TPSA) is 53.4 Å². The number of hydrogen-bond donors (Lipinski definition) is 0. The van der Waals surface area contributed by atoms with Crippen LogP contribution in [0.2, 0.25) is 10.0 Å². The molecule has 0 saturated heterocycles. The third kappa shape index (κ3) is 4.24. The normalized spacial score (nSPS) is 11.0. The number of fused-ring (bicyclic) bond motifs is 1. The average Bonchev–Trinajstić information content (AvgIpc) is 3.27. The Morgan fingerprint density at radius 2 is 1.93 bits per heavy atom. The molecule has 2 heterocycles. The van der Waals surface area contributed by atoms with Crippen LogP contribution in [0.25, 0.3) is 15.9 Å². The van der Waals surface area contributed by atoms with Gasteiger partial charge in [0.2, 0.25) is 0 Å². The Kier molecular flexibility index (Phi) is 5.76. The molecule has 0 radical (unpaired) electrons. The lowest BCUT2D eigenvalue weighted by atomic mass is 10.3. The Labute approximate surface area is 181 Å². The van der Waals surface area contributed by atoms with E-state index in [4.69, 9.17) is 32.7 Å². The van der Waals surface area contributed by atoms with Crippen molar-refractivity contribution in [1.29, 1.82) is 0 Å². The Morgan fingerprint density at radius 3 is 2.72 bits per heavy atom. The summed E-state index contributed by atoms with van der Waals surface area (Å²) in [6, 6.07) is 16.4. The van der Waals surface area contributed by atoms with Crippen molar-refractivity contribution in [2.45, 2.75) is 6.92 Å². The minimum atomic E-state index is -0.397. The molecule has 29 heavy (non-hydrogen) atoms. The largest absolute Gasteiger partial charge is 0.488 e. The molecule has 0 saturated carbocycles. The fourth-order valence-electron chi connectivity index (χ4n) is 2.85. The maximum Gasteiger partial charge on any atom is 0.348 e. The molecule has 0 N–H and O–H groups in total. The third-order valence-electron chi connectivity index (χ3n) is 4.21. The molecular weight excluding hydrogens is 431 g/mol. The van der Waals surface area contributed by atoms with Crippen molar-refractivity contribution < 1.29 is 14.3 Å². The number of nitrogens with zero attached hydrogens (tertiary/aromatic N) is 2. The second kappa shape index (κ2) is 8.45. The van der Waals surface area contributed by atoms with Gasteiger partial charge in [0, 0.05) is 10.4 Å². The quantitative estimate of drug-likeness (QED) is 0.271. The molecule has 0 fully saturated rings. The van der Waals surface area contributed by atoms with Gasteiger partial charge in [-0.15, -0.1) is 11.3 Å². The predicted molar refractivity (Wildman–Crippen MR) is 116 cm³/mol. The van der Waals surface area contributed by atoms with E-state index in [0.29, 0.717) is 20.7 Å². The predicted octanol–water partition coefficient (Wildman–Crippen LogP) is 5.94. The van der Waals surface area contributed by atoms with Gasteiger partial charge < -0.3 is 9.47 Å². The molecule has 0 atom stereocenters. The number of benzene rings is 2. The second-order valence-electron chi connectivity index (χ2n) is 6.22. The molecule has 0 aliphatic heterocycles. The lowest BCUT2D eigenvalue weighted by molar-refractivity contribution is 0.0456. The van der Waals surface area contributed by atoms with Gasteiger partial charge in [0.15, 0.2) is 0 Å². The fraction of sp³-hybridized carbons (Fsp3) is 0.143. The molecule has 148 valence electrons. The van der Waals surface area contributed by atoms with Gasteiger partial charge in [-0.25, -0.2) is 9.48 Å². The van der Waals surface area contributed by atoms with Gasteiger partial charge in [-0.2, -0.15) is 5.10 Å².